The molecule has 1 atom stereocenters. The van der Waals surface area contributed by atoms with Crippen molar-refractivity contribution < 1.29 is 14.6 Å². The summed E-state index contributed by atoms with van der Waals surface area (Å²) < 4.78 is 4.80. The van der Waals surface area contributed by atoms with Crippen molar-refractivity contribution in [3.05, 3.63) is 0 Å². The monoisotopic (exact) mass is 203 g/mol. The SMILES string of the molecule is CCCCCC(N)(CO)COC(C)=O. The third-order valence-corrected chi connectivity index (χ3v) is 2.16. The molecule has 3 N–H and O–H groups in total. The van der Waals surface area contributed by atoms with Crippen molar-refractivity contribution in [2.45, 2.75) is 45.1 Å². The summed E-state index contributed by atoms with van der Waals surface area (Å²) in [5, 5.41) is 9.08. The second kappa shape index (κ2) is 6.79. The normalized spacial score (nSPS) is 14.9. The van der Waals surface area contributed by atoms with Gasteiger partial charge >= 0.3 is 5.97 Å². The molecular weight excluding hydrogens is 182 g/mol. The molecule has 14 heavy (non-hydrogen) atoms. The van der Waals surface area contributed by atoms with Crippen molar-refractivity contribution in [1.82, 2.24) is 0 Å². The fourth-order valence-electron chi connectivity index (χ4n) is 1.17. The topological polar surface area (TPSA) is 72.6 Å². The molecule has 0 spiro atoms. The van der Waals surface area contributed by atoms with Crippen molar-refractivity contribution >= 4 is 5.97 Å². The highest BCUT2D eigenvalue weighted by Gasteiger charge is 2.24. The molecule has 4 nitrogen and oxygen atoms in total. The van der Waals surface area contributed by atoms with Gasteiger partial charge in [-0.3, -0.25) is 4.79 Å². The molecule has 84 valence electrons. The lowest BCUT2D eigenvalue weighted by Crippen LogP contribution is -2.48. The van der Waals surface area contributed by atoms with Gasteiger partial charge in [-0.2, -0.15) is 0 Å². The molecule has 0 aromatic heterocycles. The molecule has 0 aliphatic carbocycles. The molecule has 0 heterocycles. The Labute approximate surface area is 85.4 Å². The van der Waals surface area contributed by atoms with E-state index < -0.39 is 5.54 Å². The quantitative estimate of drug-likeness (QED) is 0.474. The van der Waals surface area contributed by atoms with Gasteiger partial charge in [0.15, 0.2) is 0 Å². The molecule has 0 radical (unpaired) electrons. The first-order chi connectivity index (χ1) is 6.54. The Morgan fingerprint density at radius 2 is 2.14 bits per heavy atom. The van der Waals surface area contributed by atoms with E-state index in [-0.39, 0.29) is 19.2 Å². The number of rotatable bonds is 7. The fraction of sp³-hybridized carbons (Fsp3) is 0.900. The fourth-order valence-corrected chi connectivity index (χ4v) is 1.17. The maximum Gasteiger partial charge on any atom is 0.302 e. The number of carbonyl (C=O) groups is 1. The molecule has 0 saturated heterocycles. The van der Waals surface area contributed by atoms with E-state index in [4.69, 9.17) is 15.6 Å². The number of aliphatic hydroxyl groups excluding tert-OH is 1. The average Bonchev–Trinajstić information content (AvgIpc) is 2.15. The Bertz CT molecular complexity index is 173. The van der Waals surface area contributed by atoms with Crippen LogP contribution in [0, 0.1) is 0 Å². The number of ether oxygens (including phenoxy) is 1. The van der Waals surface area contributed by atoms with Crippen LogP contribution in [0.3, 0.4) is 0 Å². The Morgan fingerprint density at radius 3 is 2.57 bits per heavy atom. The van der Waals surface area contributed by atoms with Gasteiger partial charge < -0.3 is 15.6 Å². The van der Waals surface area contributed by atoms with E-state index >= 15 is 0 Å². The zero-order valence-corrected chi connectivity index (χ0v) is 9.08. The van der Waals surface area contributed by atoms with Crippen molar-refractivity contribution in [3.8, 4) is 0 Å². The standard InChI is InChI=1S/C10H21NO3/c1-3-4-5-6-10(11,7-12)8-14-9(2)13/h12H,3-8,11H2,1-2H3. The summed E-state index contributed by atoms with van der Waals surface area (Å²) in [6, 6.07) is 0. The number of esters is 1. The van der Waals surface area contributed by atoms with Gasteiger partial charge in [-0.15, -0.1) is 0 Å². The Kier molecular flexibility index (Phi) is 6.49. The van der Waals surface area contributed by atoms with Crippen molar-refractivity contribution in [3.63, 3.8) is 0 Å². The average molecular weight is 203 g/mol. The van der Waals surface area contributed by atoms with Gasteiger partial charge in [-0.25, -0.2) is 0 Å². The van der Waals surface area contributed by atoms with Crippen LogP contribution in [-0.2, 0) is 9.53 Å². The van der Waals surface area contributed by atoms with E-state index in [1.165, 1.54) is 6.92 Å². The summed E-state index contributed by atoms with van der Waals surface area (Å²) >= 11 is 0. The third-order valence-electron chi connectivity index (χ3n) is 2.16. The molecule has 0 bridgehead atoms. The van der Waals surface area contributed by atoms with E-state index in [2.05, 4.69) is 6.92 Å². The first-order valence-corrected chi connectivity index (χ1v) is 5.07. The molecule has 0 saturated carbocycles. The summed E-state index contributed by atoms with van der Waals surface area (Å²) in [6.07, 6.45) is 3.83. The number of hydrogen-bond donors (Lipinski definition) is 2. The second-order valence-electron chi connectivity index (χ2n) is 3.76. The first kappa shape index (κ1) is 13.4. The zero-order valence-electron chi connectivity index (χ0n) is 9.08. The summed E-state index contributed by atoms with van der Waals surface area (Å²) in [6.45, 7) is 3.39. The second-order valence-corrected chi connectivity index (χ2v) is 3.76. The summed E-state index contributed by atoms with van der Waals surface area (Å²) in [7, 11) is 0. The Balaban J connectivity index is 3.84. The highest BCUT2D eigenvalue weighted by molar-refractivity contribution is 5.65. The highest BCUT2D eigenvalue weighted by Crippen LogP contribution is 2.12. The van der Waals surface area contributed by atoms with Gasteiger partial charge in [0, 0.05) is 6.92 Å². The molecule has 0 aromatic carbocycles. The van der Waals surface area contributed by atoms with Crippen LogP contribution in [0.2, 0.25) is 0 Å². The van der Waals surface area contributed by atoms with Crippen LogP contribution in [0.1, 0.15) is 39.5 Å². The molecule has 4 heteroatoms. The van der Waals surface area contributed by atoms with Crippen LogP contribution in [-0.4, -0.2) is 29.8 Å². The smallest absolute Gasteiger partial charge is 0.302 e. The summed E-state index contributed by atoms with van der Waals surface area (Å²) in [5.74, 6) is -0.358. The van der Waals surface area contributed by atoms with Gasteiger partial charge in [0.25, 0.3) is 0 Å². The molecule has 0 aromatic rings. The van der Waals surface area contributed by atoms with Gasteiger partial charge in [-0.1, -0.05) is 26.2 Å². The van der Waals surface area contributed by atoms with Crippen LogP contribution in [0.25, 0.3) is 0 Å². The van der Waals surface area contributed by atoms with Gasteiger partial charge in [0.1, 0.15) is 6.61 Å². The van der Waals surface area contributed by atoms with Gasteiger partial charge in [-0.05, 0) is 6.42 Å². The van der Waals surface area contributed by atoms with Gasteiger partial charge in [0.05, 0.1) is 12.1 Å². The highest BCUT2D eigenvalue weighted by atomic mass is 16.5. The van der Waals surface area contributed by atoms with E-state index in [1.54, 1.807) is 0 Å². The largest absolute Gasteiger partial charge is 0.464 e. The summed E-state index contributed by atoms with van der Waals surface area (Å²) in [4.78, 5) is 10.6. The van der Waals surface area contributed by atoms with Crippen LogP contribution in [0.5, 0.6) is 0 Å². The minimum Gasteiger partial charge on any atom is -0.464 e. The maximum absolute atomic E-state index is 10.6. The third kappa shape index (κ3) is 5.94. The van der Waals surface area contributed by atoms with Crippen LogP contribution in [0.15, 0.2) is 0 Å². The van der Waals surface area contributed by atoms with E-state index in [9.17, 15) is 4.79 Å². The Hall–Kier alpha value is -0.610. The zero-order chi connectivity index (χ0) is 11.0. The van der Waals surface area contributed by atoms with E-state index in [0.29, 0.717) is 6.42 Å². The summed E-state index contributed by atoms with van der Waals surface area (Å²) in [5.41, 5.74) is 5.10. The lowest BCUT2D eigenvalue weighted by molar-refractivity contribution is -0.143. The van der Waals surface area contributed by atoms with Crippen LogP contribution in [0.4, 0.5) is 0 Å². The maximum atomic E-state index is 10.6. The molecule has 0 amide bonds. The Morgan fingerprint density at radius 1 is 1.50 bits per heavy atom. The van der Waals surface area contributed by atoms with Crippen molar-refractivity contribution in [1.29, 1.82) is 0 Å². The lowest BCUT2D eigenvalue weighted by Gasteiger charge is -2.26. The van der Waals surface area contributed by atoms with Gasteiger partial charge in [0.2, 0.25) is 0 Å². The molecule has 0 aliphatic rings. The first-order valence-electron chi connectivity index (χ1n) is 5.07. The number of nitrogens with two attached hydrogens (primary N) is 1. The van der Waals surface area contributed by atoms with E-state index in [1.807, 2.05) is 0 Å². The molecular formula is C10H21NO3. The molecule has 0 rings (SSSR count). The van der Waals surface area contributed by atoms with Crippen molar-refractivity contribution in [2.75, 3.05) is 13.2 Å². The minimum absolute atomic E-state index is 0.0997. The number of carbonyl (C=O) groups excluding carboxylic acids is 1. The van der Waals surface area contributed by atoms with Crippen LogP contribution < -0.4 is 5.73 Å². The van der Waals surface area contributed by atoms with E-state index in [0.717, 1.165) is 19.3 Å². The van der Waals surface area contributed by atoms with Crippen molar-refractivity contribution in [2.24, 2.45) is 5.73 Å². The predicted octanol–water partition coefficient (Wildman–Crippen LogP) is 0.820. The number of unbranched alkanes of at least 4 members (excludes halogenated alkanes) is 2. The number of hydrogen-bond acceptors (Lipinski definition) is 4. The number of aliphatic hydroxyl groups is 1. The lowest BCUT2D eigenvalue weighted by atomic mass is 9.95. The van der Waals surface area contributed by atoms with Crippen LogP contribution >= 0.6 is 0 Å². The molecule has 0 fully saturated rings. The predicted molar refractivity (Wildman–Crippen MR) is 54.8 cm³/mol. The molecule has 0 aliphatic heterocycles. The minimum atomic E-state index is -0.763. The molecule has 1 unspecified atom stereocenters.